The summed E-state index contributed by atoms with van der Waals surface area (Å²) in [7, 11) is 0. The normalized spacial score (nSPS) is 11.4. The van der Waals surface area contributed by atoms with E-state index < -0.39 is 0 Å². The van der Waals surface area contributed by atoms with E-state index in [0.717, 1.165) is 27.8 Å². The second-order valence-corrected chi connectivity index (χ2v) is 5.80. The molecule has 0 unspecified atom stereocenters. The summed E-state index contributed by atoms with van der Waals surface area (Å²) in [5.74, 6) is 0.231. The van der Waals surface area contributed by atoms with Crippen molar-refractivity contribution < 1.29 is 9.21 Å². The molecule has 2 aromatic carbocycles. The summed E-state index contributed by atoms with van der Waals surface area (Å²) in [6, 6.07) is 17.5. The van der Waals surface area contributed by atoms with Crippen molar-refractivity contribution in [1.82, 2.24) is 9.78 Å². The van der Waals surface area contributed by atoms with Crippen LogP contribution in [0.5, 0.6) is 0 Å². The van der Waals surface area contributed by atoms with Gasteiger partial charge >= 0.3 is 0 Å². The highest BCUT2D eigenvalue weighted by Crippen LogP contribution is 2.25. The van der Waals surface area contributed by atoms with Gasteiger partial charge in [-0.15, -0.1) is 0 Å². The number of benzene rings is 2. The van der Waals surface area contributed by atoms with Gasteiger partial charge in [0.2, 0.25) is 5.78 Å². The van der Waals surface area contributed by atoms with E-state index in [1.165, 1.54) is 6.08 Å². The van der Waals surface area contributed by atoms with E-state index in [1.807, 2.05) is 67.7 Å². The molecule has 0 bridgehead atoms. The number of allylic oxidation sites excluding steroid dienone is 1. The Labute approximate surface area is 145 Å². The van der Waals surface area contributed by atoms with Crippen molar-refractivity contribution in [2.24, 2.45) is 0 Å². The molecule has 2 aromatic heterocycles. The first-order valence-electron chi connectivity index (χ1n) is 8.03. The Morgan fingerprint density at radius 1 is 1.08 bits per heavy atom. The summed E-state index contributed by atoms with van der Waals surface area (Å²) >= 11 is 0. The van der Waals surface area contributed by atoms with E-state index in [0.29, 0.717) is 5.76 Å². The van der Waals surface area contributed by atoms with Gasteiger partial charge in [0, 0.05) is 22.7 Å². The number of fused-ring (bicyclic) bond motifs is 1. The smallest absolute Gasteiger partial charge is 0.221 e. The van der Waals surface area contributed by atoms with Crippen LogP contribution < -0.4 is 0 Å². The summed E-state index contributed by atoms with van der Waals surface area (Å²) in [5.41, 5.74) is 3.42. The Morgan fingerprint density at radius 2 is 1.84 bits per heavy atom. The number of nitrogens with zero attached hydrogens (tertiary/aromatic N) is 2. The third kappa shape index (κ3) is 2.90. The molecule has 0 amide bonds. The van der Waals surface area contributed by atoms with Crippen LogP contribution in [-0.2, 0) is 0 Å². The first-order valence-corrected chi connectivity index (χ1v) is 8.03. The van der Waals surface area contributed by atoms with Crippen LogP contribution >= 0.6 is 0 Å². The third-order valence-electron chi connectivity index (χ3n) is 4.12. The standard InChI is InChI=1S/C21H16N2O2/c1-15-18-9-5-6-10-20(18)25-21(15)19(24)12-11-16-13-22-23(14-16)17-7-3-2-4-8-17/h2-14H,1H3/b12-11+. The third-order valence-corrected chi connectivity index (χ3v) is 4.12. The first kappa shape index (κ1) is 15.1. The lowest BCUT2D eigenvalue weighted by molar-refractivity contribution is 0.102. The molecule has 122 valence electrons. The Kier molecular flexibility index (Phi) is 3.78. The van der Waals surface area contributed by atoms with Crippen LogP contribution in [0.1, 0.15) is 21.7 Å². The highest BCUT2D eigenvalue weighted by molar-refractivity contribution is 6.08. The average Bonchev–Trinajstić information content (AvgIpc) is 3.26. The van der Waals surface area contributed by atoms with Crippen molar-refractivity contribution in [2.45, 2.75) is 6.92 Å². The van der Waals surface area contributed by atoms with Gasteiger partial charge in [-0.3, -0.25) is 4.79 Å². The molecule has 0 spiro atoms. The summed E-state index contributed by atoms with van der Waals surface area (Å²) in [6.07, 6.45) is 6.88. The molecule has 0 fully saturated rings. The van der Waals surface area contributed by atoms with Crippen LogP contribution in [0.2, 0.25) is 0 Å². The molecule has 0 N–H and O–H groups in total. The summed E-state index contributed by atoms with van der Waals surface area (Å²) in [6.45, 7) is 1.90. The van der Waals surface area contributed by atoms with Crippen molar-refractivity contribution in [3.8, 4) is 5.69 Å². The lowest BCUT2D eigenvalue weighted by Crippen LogP contribution is -1.94. The van der Waals surface area contributed by atoms with Crippen LogP contribution in [0, 0.1) is 6.92 Å². The van der Waals surface area contributed by atoms with Crippen molar-refractivity contribution in [3.63, 3.8) is 0 Å². The average molecular weight is 328 g/mol. The second kappa shape index (κ2) is 6.24. The van der Waals surface area contributed by atoms with Crippen LogP contribution in [0.4, 0.5) is 0 Å². The molecule has 2 heterocycles. The largest absolute Gasteiger partial charge is 0.452 e. The van der Waals surface area contributed by atoms with E-state index in [2.05, 4.69) is 5.10 Å². The van der Waals surface area contributed by atoms with E-state index in [1.54, 1.807) is 17.0 Å². The van der Waals surface area contributed by atoms with Crippen LogP contribution in [-0.4, -0.2) is 15.6 Å². The minimum atomic E-state index is -0.152. The summed E-state index contributed by atoms with van der Waals surface area (Å²) < 4.78 is 7.48. The lowest BCUT2D eigenvalue weighted by atomic mass is 10.1. The van der Waals surface area contributed by atoms with Gasteiger partial charge in [0.05, 0.1) is 11.9 Å². The number of rotatable bonds is 4. The fourth-order valence-corrected chi connectivity index (χ4v) is 2.80. The number of hydrogen-bond acceptors (Lipinski definition) is 3. The second-order valence-electron chi connectivity index (χ2n) is 5.80. The van der Waals surface area contributed by atoms with Gasteiger partial charge in [-0.1, -0.05) is 36.4 Å². The number of para-hydroxylation sites is 2. The van der Waals surface area contributed by atoms with Crippen molar-refractivity contribution >= 4 is 22.8 Å². The van der Waals surface area contributed by atoms with Gasteiger partial charge in [-0.2, -0.15) is 5.10 Å². The zero-order chi connectivity index (χ0) is 17.2. The zero-order valence-corrected chi connectivity index (χ0v) is 13.7. The van der Waals surface area contributed by atoms with Crippen molar-refractivity contribution in [1.29, 1.82) is 0 Å². The number of aryl methyl sites for hydroxylation is 1. The molecule has 4 rings (SSSR count). The van der Waals surface area contributed by atoms with Crippen LogP contribution in [0.15, 0.2) is 77.5 Å². The van der Waals surface area contributed by atoms with E-state index in [-0.39, 0.29) is 5.78 Å². The van der Waals surface area contributed by atoms with E-state index in [4.69, 9.17) is 4.42 Å². The number of carbonyl (C=O) groups excluding carboxylic acids is 1. The molecule has 0 saturated heterocycles. The maximum absolute atomic E-state index is 12.5. The quantitative estimate of drug-likeness (QED) is 0.398. The van der Waals surface area contributed by atoms with Gasteiger partial charge in [-0.25, -0.2) is 4.68 Å². The van der Waals surface area contributed by atoms with Crippen molar-refractivity contribution in [3.05, 3.63) is 90.0 Å². The fourth-order valence-electron chi connectivity index (χ4n) is 2.80. The SMILES string of the molecule is Cc1c(C(=O)/C=C/c2cnn(-c3ccccc3)c2)oc2ccccc12. The molecule has 0 aliphatic carbocycles. The number of ketones is 1. The van der Waals surface area contributed by atoms with Gasteiger partial charge < -0.3 is 4.42 Å². The number of hydrogen-bond donors (Lipinski definition) is 0. The van der Waals surface area contributed by atoms with Gasteiger partial charge in [-0.05, 0) is 37.3 Å². The minimum absolute atomic E-state index is 0.152. The van der Waals surface area contributed by atoms with E-state index >= 15 is 0 Å². The number of furan rings is 1. The van der Waals surface area contributed by atoms with E-state index in [9.17, 15) is 4.79 Å². The molecule has 0 atom stereocenters. The molecule has 4 nitrogen and oxygen atoms in total. The fraction of sp³-hybridized carbons (Fsp3) is 0.0476. The van der Waals surface area contributed by atoms with Crippen LogP contribution in [0.3, 0.4) is 0 Å². The molecular formula is C21H16N2O2. The predicted molar refractivity (Wildman–Crippen MR) is 97.9 cm³/mol. The lowest BCUT2D eigenvalue weighted by Gasteiger charge is -1.98. The highest BCUT2D eigenvalue weighted by atomic mass is 16.3. The molecule has 0 radical (unpaired) electrons. The maximum atomic E-state index is 12.5. The maximum Gasteiger partial charge on any atom is 0.221 e. The molecule has 0 aliphatic heterocycles. The van der Waals surface area contributed by atoms with Crippen LogP contribution in [0.25, 0.3) is 22.7 Å². The predicted octanol–water partition coefficient (Wildman–Crippen LogP) is 4.82. The van der Waals surface area contributed by atoms with Gasteiger partial charge in [0.1, 0.15) is 5.58 Å². The molecule has 4 aromatic rings. The molecule has 4 heteroatoms. The first-order chi connectivity index (χ1) is 12.2. The Balaban J connectivity index is 1.58. The monoisotopic (exact) mass is 328 g/mol. The Morgan fingerprint density at radius 3 is 2.64 bits per heavy atom. The molecule has 25 heavy (non-hydrogen) atoms. The Bertz CT molecular complexity index is 1070. The van der Waals surface area contributed by atoms with Gasteiger partial charge in [0.25, 0.3) is 0 Å². The number of aromatic nitrogens is 2. The van der Waals surface area contributed by atoms with Crippen molar-refractivity contribution in [2.75, 3.05) is 0 Å². The zero-order valence-electron chi connectivity index (χ0n) is 13.7. The number of carbonyl (C=O) groups is 1. The molecule has 0 aliphatic rings. The summed E-state index contributed by atoms with van der Waals surface area (Å²) in [5, 5.41) is 5.29. The molecule has 0 saturated carbocycles. The summed E-state index contributed by atoms with van der Waals surface area (Å²) in [4.78, 5) is 12.5. The Hall–Kier alpha value is -3.40. The topological polar surface area (TPSA) is 48.0 Å². The van der Waals surface area contributed by atoms with Gasteiger partial charge in [0.15, 0.2) is 5.76 Å². The highest BCUT2D eigenvalue weighted by Gasteiger charge is 2.15. The minimum Gasteiger partial charge on any atom is -0.452 e. The molecular weight excluding hydrogens is 312 g/mol.